The summed E-state index contributed by atoms with van der Waals surface area (Å²) in [4.78, 5) is 5.71. The first-order valence-electron chi connectivity index (χ1n) is 9.08. The van der Waals surface area contributed by atoms with Gasteiger partial charge in [0, 0.05) is 30.2 Å². The standard InChI is InChI=1S/C19H28FN5S/c1-3-21-19(22-11-4-6-16-14-24-25-15(16)2)23-12-5-13-26-18-9-7-17(20)8-10-18/h7-10,14H,3-6,11-13H2,1-2H3,(H,24,25)(H2,21,22,23). The summed E-state index contributed by atoms with van der Waals surface area (Å²) in [7, 11) is 0. The minimum absolute atomic E-state index is 0.191. The summed E-state index contributed by atoms with van der Waals surface area (Å²) in [5, 5.41) is 13.7. The molecule has 0 radical (unpaired) electrons. The van der Waals surface area contributed by atoms with Crippen molar-refractivity contribution in [3.8, 4) is 0 Å². The van der Waals surface area contributed by atoms with E-state index in [0.29, 0.717) is 0 Å². The van der Waals surface area contributed by atoms with Crippen molar-refractivity contribution in [3.05, 3.63) is 47.5 Å². The Morgan fingerprint density at radius 1 is 1.23 bits per heavy atom. The number of aromatic amines is 1. The number of H-pyrrole nitrogens is 1. The van der Waals surface area contributed by atoms with E-state index in [9.17, 15) is 4.39 Å². The largest absolute Gasteiger partial charge is 0.357 e. The van der Waals surface area contributed by atoms with Crippen molar-refractivity contribution in [2.75, 3.05) is 25.4 Å². The predicted molar refractivity (Wildman–Crippen MR) is 107 cm³/mol. The second-order valence-corrected chi connectivity index (χ2v) is 7.14. The van der Waals surface area contributed by atoms with Crippen LogP contribution < -0.4 is 10.6 Å². The van der Waals surface area contributed by atoms with Crippen LogP contribution in [0.25, 0.3) is 0 Å². The van der Waals surface area contributed by atoms with Crippen molar-refractivity contribution in [2.45, 2.75) is 38.0 Å². The van der Waals surface area contributed by atoms with Crippen molar-refractivity contribution in [2.24, 2.45) is 4.99 Å². The van der Waals surface area contributed by atoms with E-state index in [1.165, 1.54) is 17.7 Å². The Hall–Kier alpha value is -2.02. The van der Waals surface area contributed by atoms with E-state index >= 15 is 0 Å². The number of hydrogen-bond donors (Lipinski definition) is 3. The van der Waals surface area contributed by atoms with Crippen molar-refractivity contribution < 1.29 is 4.39 Å². The third-order valence-electron chi connectivity index (χ3n) is 3.85. The van der Waals surface area contributed by atoms with Gasteiger partial charge in [0.1, 0.15) is 5.82 Å². The summed E-state index contributed by atoms with van der Waals surface area (Å²) in [5.41, 5.74) is 2.41. The number of aryl methyl sites for hydroxylation is 2. The number of aliphatic imine (C=N–C) groups is 1. The number of aromatic nitrogens is 2. The fraction of sp³-hybridized carbons (Fsp3) is 0.474. The zero-order valence-electron chi connectivity index (χ0n) is 15.5. The zero-order valence-corrected chi connectivity index (χ0v) is 16.3. The van der Waals surface area contributed by atoms with Crippen LogP contribution >= 0.6 is 11.8 Å². The van der Waals surface area contributed by atoms with Crippen LogP contribution in [0.1, 0.15) is 31.0 Å². The molecule has 0 bridgehead atoms. The van der Waals surface area contributed by atoms with E-state index < -0.39 is 0 Å². The topological polar surface area (TPSA) is 65.1 Å². The lowest BCUT2D eigenvalue weighted by Crippen LogP contribution is -2.38. The molecule has 0 aliphatic rings. The molecule has 0 aliphatic heterocycles. The van der Waals surface area contributed by atoms with Crippen LogP contribution in [0.4, 0.5) is 4.39 Å². The Balaban J connectivity index is 1.63. The zero-order chi connectivity index (χ0) is 18.6. The van der Waals surface area contributed by atoms with E-state index in [0.717, 1.165) is 61.2 Å². The third-order valence-corrected chi connectivity index (χ3v) is 4.95. The van der Waals surface area contributed by atoms with Gasteiger partial charge < -0.3 is 10.6 Å². The Bertz CT molecular complexity index is 669. The van der Waals surface area contributed by atoms with Gasteiger partial charge in [-0.1, -0.05) is 0 Å². The van der Waals surface area contributed by atoms with Crippen molar-refractivity contribution in [1.82, 2.24) is 20.8 Å². The Kier molecular flexibility index (Phi) is 9.03. The van der Waals surface area contributed by atoms with E-state index in [4.69, 9.17) is 0 Å². The van der Waals surface area contributed by atoms with Crippen molar-refractivity contribution >= 4 is 17.7 Å². The maximum atomic E-state index is 12.9. The fourth-order valence-electron chi connectivity index (χ4n) is 2.43. The van der Waals surface area contributed by atoms with E-state index in [1.54, 1.807) is 11.8 Å². The number of thioether (sulfide) groups is 1. The molecule has 1 aromatic carbocycles. The van der Waals surface area contributed by atoms with E-state index in [2.05, 4.69) is 32.7 Å². The van der Waals surface area contributed by atoms with Crippen LogP contribution in [0.15, 0.2) is 40.4 Å². The molecule has 0 atom stereocenters. The van der Waals surface area contributed by atoms with Crippen molar-refractivity contribution in [3.63, 3.8) is 0 Å². The molecule has 1 aromatic heterocycles. The van der Waals surface area contributed by atoms with Crippen LogP contribution in [0, 0.1) is 12.7 Å². The molecule has 0 saturated heterocycles. The minimum Gasteiger partial charge on any atom is -0.357 e. The monoisotopic (exact) mass is 377 g/mol. The average molecular weight is 378 g/mol. The molecule has 0 saturated carbocycles. The van der Waals surface area contributed by atoms with E-state index in [-0.39, 0.29) is 5.82 Å². The van der Waals surface area contributed by atoms with Gasteiger partial charge in [-0.3, -0.25) is 10.1 Å². The lowest BCUT2D eigenvalue weighted by molar-refractivity contribution is 0.626. The Morgan fingerprint density at radius 2 is 2.04 bits per heavy atom. The Labute approximate surface area is 159 Å². The van der Waals surface area contributed by atoms with Gasteiger partial charge in [0.2, 0.25) is 0 Å². The molecule has 0 fully saturated rings. The quantitative estimate of drug-likeness (QED) is 0.256. The first-order valence-corrected chi connectivity index (χ1v) is 10.1. The highest BCUT2D eigenvalue weighted by atomic mass is 32.2. The molecule has 5 nitrogen and oxygen atoms in total. The number of hydrogen-bond acceptors (Lipinski definition) is 3. The van der Waals surface area contributed by atoms with Gasteiger partial charge in [-0.15, -0.1) is 11.8 Å². The summed E-state index contributed by atoms with van der Waals surface area (Å²) in [6.45, 7) is 6.60. The number of halogens is 1. The molecule has 0 unspecified atom stereocenters. The van der Waals surface area contributed by atoms with Gasteiger partial charge in [-0.2, -0.15) is 5.10 Å². The summed E-state index contributed by atoms with van der Waals surface area (Å²) in [6, 6.07) is 6.63. The van der Waals surface area contributed by atoms with Crippen LogP contribution in [-0.2, 0) is 6.42 Å². The highest BCUT2D eigenvalue weighted by Gasteiger charge is 2.01. The molecule has 2 rings (SSSR count). The minimum atomic E-state index is -0.191. The first-order chi connectivity index (χ1) is 12.7. The molecular formula is C19H28FN5S. The summed E-state index contributed by atoms with van der Waals surface area (Å²) >= 11 is 1.73. The summed E-state index contributed by atoms with van der Waals surface area (Å²) in [5.74, 6) is 1.64. The van der Waals surface area contributed by atoms with E-state index in [1.807, 2.05) is 25.3 Å². The lowest BCUT2D eigenvalue weighted by atomic mass is 10.1. The molecule has 1 heterocycles. The normalized spacial score (nSPS) is 11.6. The van der Waals surface area contributed by atoms with Gasteiger partial charge >= 0.3 is 0 Å². The molecule has 0 aliphatic carbocycles. The Morgan fingerprint density at radius 3 is 2.73 bits per heavy atom. The van der Waals surface area contributed by atoms with Crippen molar-refractivity contribution in [1.29, 1.82) is 0 Å². The summed E-state index contributed by atoms with van der Waals surface area (Å²) in [6.07, 6.45) is 4.91. The molecule has 0 amide bonds. The fourth-order valence-corrected chi connectivity index (χ4v) is 3.27. The van der Waals surface area contributed by atoms with Gasteiger partial charge in [-0.25, -0.2) is 4.39 Å². The molecule has 7 heteroatoms. The van der Waals surface area contributed by atoms with Crippen LogP contribution in [-0.4, -0.2) is 41.5 Å². The van der Waals surface area contributed by atoms with Gasteiger partial charge in [0.25, 0.3) is 0 Å². The number of benzene rings is 1. The number of guanidine groups is 1. The number of rotatable bonds is 10. The molecule has 0 spiro atoms. The van der Waals surface area contributed by atoms with Gasteiger partial charge in [0.05, 0.1) is 6.20 Å². The molecule has 2 aromatic rings. The second-order valence-electron chi connectivity index (χ2n) is 5.97. The lowest BCUT2D eigenvalue weighted by Gasteiger charge is -2.11. The molecule has 142 valence electrons. The van der Waals surface area contributed by atoms with Crippen LogP contribution in [0.3, 0.4) is 0 Å². The second kappa shape index (κ2) is 11.6. The van der Waals surface area contributed by atoms with Gasteiger partial charge in [0.15, 0.2) is 5.96 Å². The summed E-state index contributed by atoms with van der Waals surface area (Å²) < 4.78 is 12.9. The molecule has 26 heavy (non-hydrogen) atoms. The van der Waals surface area contributed by atoms with Gasteiger partial charge in [-0.05, 0) is 68.7 Å². The number of nitrogens with one attached hydrogen (secondary N) is 3. The molecular weight excluding hydrogens is 349 g/mol. The predicted octanol–water partition coefficient (Wildman–Crippen LogP) is 3.53. The highest BCUT2D eigenvalue weighted by molar-refractivity contribution is 7.99. The number of nitrogens with zero attached hydrogens (tertiary/aromatic N) is 2. The average Bonchev–Trinajstić information content (AvgIpc) is 3.05. The smallest absolute Gasteiger partial charge is 0.191 e. The van der Waals surface area contributed by atoms with Crippen LogP contribution in [0.2, 0.25) is 0 Å². The van der Waals surface area contributed by atoms with Crippen LogP contribution in [0.5, 0.6) is 0 Å². The highest BCUT2D eigenvalue weighted by Crippen LogP contribution is 2.18. The molecule has 3 N–H and O–H groups in total. The first kappa shape index (κ1) is 20.3. The third kappa shape index (κ3) is 7.47. The maximum Gasteiger partial charge on any atom is 0.191 e. The SMILES string of the molecule is CCNC(=NCCCSc1ccc(F)cc1)NCCCc1cn[nH]c1C. The maximum absolute atomic E-state index is 12.9.